The van der Waals surface area contributed by atoms with Crippen LogP contribution in [-0.2, 0) is 23.2 Å². The lowest BCUT2D eigenvalue weighted by Crippen LogP contribution is -2.48. The third-order valence-corrected chi connectivity index (χ3v) is 5.89. The maximum absolute atomic E-state index is 12.9. The maximum Gasteiger partial charge on any atom is 0.254 e. The lowest BCUT2D eigenvalue weighted by Gasteiger charge is -2.33. The third-order valence-electron chi connectivity index (χ3n) is 5.89. The molecule has 0 spiro atoms. The molecule has 0 unspecified atom stereocenters. The van der Waals surface area contributed by atoms with Crippen molar-refractivity contribution in [3.05, 3.63) is 53.9 Å². The minimum Gasteiger partial charge on any atom is -0.349 e. The first-order valence-electron chi connectivity index (χ1n) is 10.4. The number of likely N-dealkylation sites (tertiary alicyclic amines) is 2. The fourth-order valence-corrected chi connectivity index (χ4v) is 4.20. The Kier molecular flexibility index (Phi) is 5.83. The predicted molar refractivity (Wildman–Crippen MR) is 110 cm³/mol. The highest BCUT2D eigenvalue weighted by Gasteiger charge is 2.37. The molecule has 1 atom stereocenters. The number of hydrogen-bond donors (Lipinski definition) is 1. The van der Waals surface area contributed by atoms with Crippen LogP contribution in [0.25, 0.3) is 0 Å². The van der Waals surface area contributed by atoms with Gasteiger partial charge in [-0.25, -0.2) is 0 Å². The first-order chi connectivity index (χ1) is 14.5. The molecular weight excluding hydrogens is 382 g/mol. The van der Waals surface area contributed by atoms with E-state index in [1.54, 1.807) is 29.0 Å². The topological polar surface area (TPSA) is 87.5 Å². The number of benzene rings is 1. The maximum atomic E-state index is 12.9. The lowest BCUT2D eigenvalue weighted by molar-refractivity contribution is -0.136. The normalized spacial score (nSPS) is 19.9. The Hall–Kier alpha value is -3.16. The number of amides is 3. The van der Waals surface area contributed by atoms with Crippen LogP contribution in [-0.4, -0.2) is 63.0 Å². The van der Waals surface area contributed by atoms with Crippen molar-refractivity contribution in [1.82, 2.24) is 24.9 Å². The molecule has 8 heteroatoms. The number of carbonyl (C=O) groups is 3. The monoisotopic (exact) mass is 409 g/mol. The minimum atomic E-state index is -0.275. The molecule has 30 heavy (non-hydrogen) atoms. The van der Waals surface area contributed by atoms with E-state index in [2.05, 4.69) is 10.4 Å². The summed E-state index contributed by atoms with van der Waals surface area (Å²) in [4.78, 5) is 41.2. The van der Waals surface area contributed by atoms with Gasteiger partial charge < -0.3 is 15.1 Å². The second-order valence-corrected chi connectivity index (χ2v) is 8.14. The van der Waals surface area contributed by atoms with Gasteiger partial charge in [0.15, 0.2) is 0 Å². The summed E-state index contributed by atoms with van der Waals surface area (Å²) in [6, 6.07) is 9.89. The minimum absolute atomic E-state index is 0.0378. The highest BCUT2D eigenvalue weighted by molar-refractivity contribution is 5.94. The number of aromatic nitrogens is 2. The van der Waals surface area contributed by atoms with Crippen LogP contribution in [0.1, 0.15) is 35.2 Å². The predicted octanol–water partition coefficient (Wildman–Crippen LogP) is 1.19. The Labute approximate surface area is 175 Å². The third kappa shape index (κ3) is 4.53. The molecule has 3 heterocycles. The molecule has 1 N–H and O–H groups in total. The summed E-state index contributed by atoms with van der Waals surface area (Å²) in [5.41, 5.74) is 1.61. The summed E-state index contributed by atoms with van der Waals surface area (Å²) in [6.07, 6.45) is 4.94. The van der Waals surface area contributed by atoms with Crippen molar-refractivity contribution >= 4 is 17.7 Å². The number of aryl methyl sites for hydroxylation is 1. The van der Waals surface area contributed by atoms with E-state index < -0.39 is 0 Å². The van der Waals surface area contributed by atoms with Crippen LogP contribution in [0.15, 0.2) is 42.7 Å². The molecule has 8 nitrogen and oxygen atoms in total. The standard InChI is InChI=1S/C22H27N5O3/c1-25-14-18(12-23-25)21(29)24-19-7-9-26(10-8-19)22(30)17-11-20(28)27(15-17)13-16-5-3-2-4-6-16/h2-6,12,14,17,19H,7-11,13,15H2,1H3,(H,24,29)/t17-/m1/s1. The van der Waals surface area contributed by atoms with Crippen LogP contribution in [0.3, 0.4) is 0 Å². The van der Waals surface area contributed by atoms with E-state index in [0.717, 1.165) is 5.56 Å². The van der Waals surface area contributed by atoms with Crippen molar-refractivity contribution in [1.29, 1.82) is 0 Å². The quantitative estimate of drug-likeness (QED) is 0.804. The van der Waals surface area contributed by atoms with Gasteiger partial charge in [0.25, 0.3) is 5.91 Å². The molecule has 3 amide bonds. The van der Waals surface area contributed by atoms with Gasteiger partial charge in [0.05, 0.1) is 17.7 Å². The molecule has 0 aliphatic carbocycles. The van der Waals surface area contributed by atoms with Gasteiger partial charge in [-0.15, -0.1) is 0 Å². The Morgan fingerprint density at radius 1 is 1.17 bits per heavy atom. The van der Waals surface area contributed by atoms with E-state index >= 15 is 0 Å². The van der Waals surface area contributed by atoms with Crippen molar-refractivity contribution in [2.24, 2.45) is 13.0 Å². The first kappa shape index (κ1) is 20.1. The van der Waals surface area contributed by atoms with Gasteiger partial charge in [-0.1, -0.05) is 30.3 Å². The van der Waals surface area contributed by atoms with Crippen LogP contribution < -0.4 is 5.32 Å². The van der Waals surface area contributed by atoms with Crippen LogP contribution in [0, 0.1) is 5.92 Å². The molecule has 2 aliphatic rings. The highest BCUT2D eigenvalue weighted by atomic mass is 16.2. The molecule has 1 aromatic heterocycles. The zero-order chi connectivity index (χ0) is 21.1. The van der Waals surface area contributed by atoms with Crippen molar-refractivity contribution in [3.63, 3.8) is 0 Å². The molecule has 1 aromatic carbocycles. The summed E-state index contributed by atoms with van der Waals surface area (Å²) in [7, 11) is 1.77. The van der Waals surface area contributed by atoms with Crippen molar-refractivity contribution in [3.8, 4) is 0 Å². The molecule has 4 rings (SSSR count). The van der Waals surface area contributed by atoms with E-state index in [9.17, 15) is 14.4 Å². The number of nitrogens with zero attached hydrogens (tertiary/aromatic N) is 4. The summed E-state index contributed by atoms with van der Waals surface area (Å²) < 4.78 is 1.60. The number of nitrogens with one attached hydrogen (secondary N) is 1. The molecule has 0 radical (unpaired) electrons. The van der Waals surface area contributed by atoms with Crippen molar-refractivity contribution in [2.75, 3.05) is 19.6 Å². The fraction of sp³-hybridized carbons (Fsp3) is 0.455. The molecular formula is C22H27N5O3. The molecule has 2 fully saturated rings. The van der Waals surface area contributed by atoms with E-state index in [1.807, 2.05) is 35.2 Å². The number of hydrogen-bond acceptors (Lipinski definition) is 4. The Balaban J connectivity index is 1.26. The first-order valence-corrected chi connectivity index (χ1v) is 10.4. The average Bonchev–Trinajstić information content (AvgIpc) is 3.35. The molecule has 0 bridgehead atoms. The fourth-order valence-electron chi connectivity index (χ4n) is 4.20. The van der Waals surface area contributed by atoms with E-state index in [4.69, 9.17) is 0 Å². The van der Waals surface area contributed by atoms with Crippen molar-refractivity contribution < 1.29 is 14.4 Å². The van der Waals surface area contributed by atoms with E-state index in [0.29, 0.717) is 44.6 Å². The van der Waals surface area contributed by atoms with Gasteiger partial charge >= 0.3 is 0 Å². The molecule has 158 valence electrons. The van der Waals surface area contributed by atoms with Gasteiger partial charge in [-0.3, -0.25) is 19.1 Å². The second-order valence-electron chi connectivity index (χ2n) is 8.14. The summed E-state index contributed by atoms with van der Waals surface area (Å²) >= 11 is 0. The molecule has 2 aromatic rings. The average molecular weight is 409 g/mol. The number of carbonyl (C=O) groups excluding carboxylic acids is 3. The smallest absolute Gasteiger partial charge is 0.254 e. The van der Waals surface area contributed by atoms with Crippen LogP contribution in [0.4, 0.5) is 0 Å². The van der Waals surface area contributed by atoms with E-state index in [-0.39, 0.29) is 36.1 Å². The van der Waals surface area contributed by atoms with Gasteiger partial charge in [0, 0.05) is 51.9 Å². The lowest BCUT2D eigenvalue weighted by atomic mass is 10.0. The van der Waals surface area contributed by atoms with Crippen LogP contribution in [0.5, 0.6) is 0 Å². The van der Waals surface area contributed by atoms with E-state index in [1.165, 1.54) is 0 Å². The number of piperidine rings is 1. The van der Waals surface area contributed by atoms with Gasteiger partial charge in [0.1, 0.15) is 0 Å². The molecule has 2 aliphatic heterocycles. The van der Waals surface area contributed by atoms with Gasteiger partial charge in [0.2, 0.25) is 11.8 Å². The van der Waals surface area contributed by atoms with Gasteiger partial charge in [-0.2, -0.15) is 5.10 Å². The highest BCUT2D eigenvalue weighted by Crippen LogP contribution is 2.24. The number of rotatable bonds is 5. The van der Waals surface area contributed by atoms with Crippen molar-refractivity contribution in [2.45, 2.75) is 31.8 Å². The zero-order valence-corrected chi connectivity index (χ0v) is 17.2. The molecule has 2 saturated heterocycles. The Morgan fingerprint density at radius 3 is 2.57 bits per heavy atom. The summed E-state index contributed by atoms with van der Waals surface area (Å²) in [5.74, 6) is -0.319. The summed E-state index contributed by atoms with van der Waals surface area (Å²) in [5, 5.41) is 7.05. The van der Waals surface area contributed by atoms with Crippen LogP contribution >= 0.6 is 0 Å². The largest absolute Gasteiger partial charge is 0.349 e. The zero-order valence-electron chi connectivity index (χ0n) is 17.2. The van der Waals surface area contributed by atoms with Gasteiger partial charge in [-0.05, 0) is 18.4 Å². The SMILES string of the molecule is Cn1cc(C(=O)NC2CCN(C(=O)[C@@H]3CC(=O)N(Cc4ccccc4)C3)CC2)cn1. The Morgan fingerprint density at radius 2 is 1.90 bits per heavy atom. The summed E-state index contributed by atoms with van der Waals surface area (Å²) in [6.45, 7) is 2.22. The molecule has 0 saturated carbocycles. The van der Waals surface area contributed by atoms with Crippen LogP contribution in [0.2, 0.25) is 0 Å². The Bertz CT molecular complexity index is 918. The second kappa shape index (κ2) is 8.69.